The summed E-state index contributed by atoms with van der Waals surface area (Å²) in [6, 6.07) is 10.8. The van der Waals surface area contributed by atoms with Crippen molar-refractivity contribution in [3.8, 4) is 0 Å². The van der Waals surface area contributed by atoms with Gasteiger partial charge in [-0.15, -0.1) is 11.3 Å². The Morgan fingerprint density at radius 1 is 1.10 bits per heavy atom. The second kappa shape index (κ2) is 10.5. The molecule has 7 heteroatoms. The van der Waals surface area contributed by atoms with Crippen molar-refractivity contribution in [3.63, 3.8) is 0 Å². The molecule has 2 N–H and O–H groups in total. The van der Waals surface area contributed by atoms with E-state index >= 15 is 0 Å². The minimum atomic E-state index is -0.127. The predicted octanol–water partition coefficient (Wildman–Crippen LogP) is 4.08. The molecule has 0 unspecified atom stereocenters. The molecule has 1 fully saturated rings. The quantitative estimate of drug-likeness (QED) is 0.682. The van der Waals surface area contributed by atoms with Crippen LogP contribution in [0.4, 0.5) is 11.4 Å². The van der Waals surface area contributed by atoms with Crippen LogP contribution in [-0.2, 0) is 9.53 Å². The van der Waals surface area contributed by atoms with Crippen LogP contribution in [0.3, 0.4) is 0 Å². The highest BCUT2D eigenvalue weighted by molar-refractivity contribution is 7.12. The van der Waals surface area contributed by atoms with E-state index in [-0.39, 0.29) is 11.8 Å². The highest BCUT2D eigenvalue weighted by Gasteiger charge is 2.21. The number of thiophene rings is 1. The topological polar surface area (TPSA) is 70.7 Å². The fraction of sp³-hybridized carbons (Fsp3) is 0.455. The molecule has 3 rings (SSSR count). The van der Waals surface area contributed by atoms with E-state index in [0.717, 1.165) is 38.2 Å². The van der Waals surface area contributed by atoms with Crippen LogP contribution in [-0.4, -0.2) is 49.1 Å². The molecule has 0 spiro atoms. The molecule has 0 radical (unpaired) electrons. The first kappa shape index (κ1) is 21.5. The van der Waals surface area contributed by atoms with Gasteiger partial charge >= 0.3 is 0 Å². The maximum Gasteiger partial charge on any atom is 0.265 e. The molecule has 0 bridgehead atoms. The van der Waals surface area contributed by atoms with Gasteiger partial charge < -0.3 is 15.4 Å². The molecule has 2 heterocycles. The number of ether oxygens (including phenoxy) is 1. The zero-order valence-corrected chi connectivity index (χ0v) is 17.8. The summed E-state index contributed by atoms with van der Waals surface area (Å²) in [6.45, 7) is 7.25. The van der Waals surface area contributed by atoms with Gasteiger partial charge in [0.1, 0.15) is 0 Å². The van der Waals surface area contributed by atoms with Crippen LogP contribution in [0.2, 0.25) is 0 Å². The van der Waals surface area contributed by atoms with Crippen molar-refractivity contribution in [3.05, 3.63) is 46.7 Å². The van der Waals surface area contributed by atoms with Crippen molar-refractivity contribution in [2.24, 2.45) is 5.92 Å². The Bertz CT molecular complexity index is 782. The molecule has 29 heavy (non-hydrogen) atoms. The van der Waals surface area contributed by atoms with Crippen LogP contribution >= 0.6 is 11.3 Å². The number of benzene rings is 1. The first-order chi connectivity index (χ1) is 14.0. The third-order valence-corrected chi connectivity index (χ3v) is 5.61. The Morgan fingerprint density at radius 2 is 1.76 bits per heavy atom. The van der Waals surface area contributed by atoms with E-state index in [1.165, 1.54) is 11.3 Å². The number of amides is 2. The lowest BCUT2D eigenvalue weighted by Crippen LogP contribution is -2.41. The van der Waals surface area contributed by atoms with Crippen LogP contribution in [0.1, 0.15) is 36.4 Å². The van der Waals surface area contributed by atoms with Crippen LogP contribution in [0.25, 0.3) is 0 Å². The fourth-order valence-electron chi connectivity index (χ4n) is 3.20. The summed E-state index contributed by atoms with van der Waals surface area (Å²) in [5.41, 5.74) is 1.42. The molecule has 0 saturated carbocycles. The summed E-state index contributed by atoms with van der Waals surface area (Å²) >= 11 is 1.40. The Balaban J connectivity index is 1.40. The summed E-state index contributed by atoms with van der Waals surface area (Å²) in [5, 5.41) is 7.65. The monoisotopic (exact) mass is 415 g/mol. The van der Waals surface area contributed by atoms with Gasteiger partial charge in [0, 0.05) is 31.1 Å². The van der Waals surface area contributed by atoms with Crippen LogP contribution in [0.5, 0.6) is 0 Å². The number of piperidine rings is 1. The molecule has 0 aliphatic carbocycles. The first-order valence-electron chi connectivity index (χ1n) is 10.1. The largest absolute Gasteiger partial charge is 0.378 e. The number of hydrogen-bond donors (Lipinski definition) is 2. The summed E-state index contributed by atoms with van der Waals surface area (Å²) in [5.74, 6) is 0.397. The fourth-order valence-corrected chi connectivity index (χ4v) is 3.82. The highest BCUT2D eigenvalue weighted by atomic mass is 32.1. The van der Waals surface area contributed by atoms with E-state index in [0.29, 0.717) is 29.1 Å². The lowest BCUT2D eigenvalue weighted by molar-refractivity contribution is -0.118. The second-order valence-corrected chi connectivity index (χ2v) is 8.71. The number of nitrogens with zero attached hydrogens (tertiary/aromatic N) is 1. The minimum Gasteiger partial charge on any atom is -0.378 e. The van der Waals surface area contributed by atoms with E-state index < -0.39 is 0 Å². The molecule has 2 amide bonds. The Hall–Kier alpha value is -2.22. The number of likely N-dealkylation sites (tertiary alicyclic amines) is 1. The van der Waals surface area contributed by atoms with Gasteiger partial charge in [0.2, 0.25) is 5.91 Å². The summed E-state index contributed by atoms with van der Waals surface area (Å²) in [7, 11) is 0. The number of anilines is 2. The van der Waals surface area contributed by atoms with Crippen molar-refractivity contribution in [2.75, 3.05) is 36.9 Å². The van der Waals surface area contributed by atoms with E-state index in [9.17, 15) is 9.59 Å². The summed E-state index contributed by atoms with van der Waals surface area (Å²) in [4.78, 5) is 27.2. The Morgan fingerprint density at radius 3 is 2.34 bits per heavy atom. The van der Waals surface area contributed by atoms with Crippen LogP contribution < -0.4 is 10.6 Å². The zero-order chi connectivity index (χ0) is 20.6. The summed E-state index contributed by atoms with van der Waals surface area (Å²) in [6.07, 6.45) is 2.26. The van der Waals surface area contributed by atoms with E-state index in [4.69, 9.17) is 4.74 Å². The molecule has 1 aliphatic rings. The highest BCUT2D eigenvalue weighted by Crippen LogP contribution is 2.17. The molecule has 1 aromatic heterocycles. The van der Waals surface area contributed by atoms with Gasteiger partial charge in [0.25, 0.3) is 5.91 Å². The van der Waals surface area contributed by atoms with Crippen molar-refractivity contribution in [1.82, 2.24) is 4.90 Å². The van der Waals surface area contributed by atoms with Gasteiger partial charge in [-0.3, -0.25) is 14.5 Å². The maximum atomic E-state index is 12.3. The van der Waals surface area contributed by atoms with Gasteiger partial charge in [0.05, 0.1) is 17.5 Å². The van der Waals surface area contributed by atoms with Gasteiger partial charge in [0.15, 0.2) is 0 Å². The molecule has 1 aromatic carbocycles. The van der Waals surface area contributed by atoms with E-state index in [1.54, 1.807) is 30.3 Å². The molecule has 6 nitrogen and oxygen atoms in total. The lowest BCUT2D eigenvalue weighted by atomic mass is 10.1. The molecule has 1 saturated heterocycles. The average molecular weight is 416 g/mol. The molecule has 156 valence electrons. The molecular formula is C22H29N3O3S. The van der Waals surface area contributed by atoms with Gasteiger partial charge in [-0.2, -0.15) is 0 Å². The van der Waals surface area contributed by atoms with Crippen molar-refractivity contribution < 1.29 is 14.3 Å². The first-order valence-corrected chi connectivity index (χ1v) is 11.0. The Kier molecular flexibility index (Phi) is 7.80. The third-order valence-electron chi connectivity index (χ3n) is 4.74. The standard InChI is InChI=1S/C22H29N3O3S/c1-16(2)15-28-19-9-11-25(12-10-19)14-21(26)23-17-5-7-18(8-6-17)24-22(27)20-4-3-13-29-20/h3-8,13,16,19H,9-12,14-15H2,1-2H3,(H,23,26)(H,24,27). The van der Waals surface area contributed by atoms with E-state index in [1.807, 2.05) is 11.4 Å². The summed E-state index contributed by atoms with van der Waals surface area (Å²) < 4.78 is 5.90. The van der Waals surface area contributed by atoms with Crippen LogP contribution in [0, 0.1) is 5.92 Å². The number of hydrogen-bond acceptors (Lipinski definition) is 5. The number of rotatable bonds is 8. The molecule has 1 aliphatic heterocycles. The van der Waals surface area contributed by atoms with Gasteiger partial charge in [-0.1, -0.05) is 19.9 Å². The Labute approximate surface area is 176 Å². The smallest absolute Gasteiger partial charge is 0.265 e. The van der Waals surface area contributed by atoms with Crippen molar-refractivity contribution in [2.45, 2.75) is 32.8 Å². The molecular weight excluding hydrogens is 386 g/mol. The van der Waals surface area contributed by atoms with Gasteiger partial charge in [-0.05, 0) is 54.5 Å². The predicted molar refractivity (Wildman–Crippen MR) is 118 cm³/mol. The number of nitrogens with one attached hydrogen (secondary N) is 2. The second-order valence-electron chi connectivity index (χ2n) is 7.76. The van der Waals surface area contributed by atoms with Crippen molar-refractivity contribution in [1.29, 1.82) is 0 Å². The molecule has 2 aromatic rings. The molecule has 0 atom stereocenters. The van der Waals surface area contributed by atoms with Crippen LogP contribution in [0.15, 0.2) is 41.8 Å². The minimum absolute atomic E-state index is 0.0260. The lowest BCUT2D eigenvalue weighted by Gasteiger charge is -2.31. The average Bonchev–Trinajstić information content (AvgIpc) is 3.24. The normalized spacial score (nSPS) is 15.4. The van der Waals surface area contributed by atoms with E-state index in [2.05, 4.69) is 29.4 Å². The SMILES string of the molecule is CC(C)COC1CCN(CC(=O)Nc2ccc(NC(=O)c3cccs3)cc2)CC1. The van der Waals surface area contributed by atoms with Crippen molar-refractivity contribution >= 4 is 34.5 Å². The number of carbonyl (C=O) groups is 2. The van der Waals surface area contributed by atoms with Gasteiger partial charge in [-0.25, -0.2) is 0 Å². The maximum absolute atomic E-state index is 12.3. The zero-order valence-electron chi connectivity index (χ0n) is 17.0. The third kappa shape index (κ3) is 6.96. The number of carbonyl (C=O) groups excluding carboxylic acids is 2.